The zero-order chi connectivity index (χ0) is 19.9. The average Bonchev–Trinajstić information content (AvgIpc) is 3.16. The first-order valence-corrected chi connectivity index (χ1v) is 9.61. The molecular formula is C23H27NO4. The van der Waals surface area contributed by atoms with Crippen molar-refractivity contribution >= 4 is 17.8 Å². The highest BCUT2D eigenvalue weighted by molar-refractivity contribution is 5.72. The second kappa shape index (κ2) is 7.15. The van der Waals surface area contributed by atoms with Gasteiger partial charge in [-0.05, 0) is 61.7 Å². The summed E-state index contributed by atoms with van der Waals surface area (Å²) in [6.07, 6.45) is 4.36. The maximum Gasteiger partial charge on any atom is 0.163 e. The summed E-state index contributed by atoms with van der Waals surface area (Å²) in [6.45, 7) is 7.53. The lowest BCUT2D eigenvalue weighted by molar-refractivity contribution is -0.147. The van der Waals surface area contributed by atoms with E-state index in [1.54, 1.807) is 7.11 Å². The fourth-order valence-electron chi connectivity index (χ4n) is 3.95. The van der Waals surface area contributed by atoms with Crippen LogP contribution in [-0.4, -0.2) is 43.3 Å². The van der Waals surface area contributed by atoms with Crippen LogP contribution in [0.5, 0.6) is 11.5 Å². The molecule has 1 N–H and O–H groups in total. The van der Waals surface area contributed by atoms with Crippen LogP contribution in [-0.2, 0) is 9.47 Å². The van der Waals surface area contributed by atoms with Gasteiger partial charge in [0.05, 0.1) is 7.11 Å². The molecule has 0 saturated carbocycles. The van der Waals surface area contributed by atoms with Crippen molar-refractivity contribution in [3.05, 3.63) is 53.1 Å². The number of aromatic hydroxyl groups is 1. The third-order valence-corrected chi connectivity index (χ3v) is 5.32. The summed E-state index contributed by atoms with van der Waals surface area (Å²) in [5.74, 6) is 0.212. The highest BCUT2D eigenvalue weighted by Gasteiger charge is 2.46. The molecule has 2 aromatic carbocycles. The quantitative estimate of drug-likeness (QED) is 0.804. The topological polar surface area (TPSA) is 51.2 Å². The van der Waals surface area contributed by atoms with E-state index < -0.39 is 5.79 Å². The number of rotatable bonds is 4. The average molecular weight is 381 g/mol. The van der Waals surface area contributed by atoms with Crippen LogP contribution in [0.4, 0.5) is 5.69 Å². The Morgan fingerprint density at radius 3 is 2.25 bits per heavy atom. The fourth-order valence-corrected chi connectivity index (χ4v) is 3.95. The number of anilines is 1. The highest BCUT2D eigenvalue weighted by Crippen LogP contribution is 2.35. The van der Waals surface area contributed by atoms with E-state index >= 15 is 0 Å². The Kier molecular flexibility index (Phi) is 4.81. The van der Waals surface area contributed by atoms with Gasteiger partial charge in [-0.15, -0.1) is 0 Å². The van der Waals surface area contributed by atoms with Crippen molar-refractivity contribution in [2.45, 2.75) is 38.8 Å². The number of hydrogen-bond acceptors (Lipinski definition) is 5. The number of hydrogen-bond donors (Lipinski definition) is 1. The van der Waals surface area contributed by atoms with E-state index in [0.29, 0.717) is 5.75 Å². The summed E-state index contributed by atoms with van der Waals surface area (Å²) in [4.78, 5) is 2.31. The number of nitrogens with zero attached hydrogens (tertiary/aromatic N) is 1. The molecule has 0 amide bonds. The molecule has 0 spiro atoms. The standard InChI is InChI=1S/C23H27NO4/c1-15-11-17(12-19(26-4)22(15)25)6-5-16-7-9-18(10-8-16)24-13-20-21(14-24)28-23(2,3)27-20/h5-12,20-21,25H,13-14H2,1-4H3/b6-5+. The molecule has 2 atom stereocenters. The molecule has 2 aromatic rings. The molecule has 2 heterocycles. The molecule has 5 heteroatoms. The van der Waals surface area contributed by atoms with Crippen LogP contribution in [0.25, 0.3) is 12.2 Å². The van der Waals surface area contributed by atoms with Gasteiger partial charge in [0.15, 0.2) is 17.3 Å². The van der Waals surface area contributed by atoms with Crippen molar-refractivity contribution in [2.75, 3.05) is 25.1 Å². The minimum atomic E-state index is -0.467. The second-order valence-corrected chi connectivity index (χ2v) is 7.93. The Bertz CT molecular complexity index is 872. The van der Waals surface area contributed by atoms with E-state index in [4.69, 9.17) is 14.2 Å². The molecule has 148 valence electrons. The third kappa shape index (κ3) is 3.73. The van der Waals surface area contributed by atoms with Crippen LogP contribution < -0.4 is 9.64 Å². The Hall–Kier alpha value is -2.50. The zero-order valence-corrected chi connectivity index (χ0v) is 16.8. The first kappa shape index (κ1) is 18.8. The van der Waals surface area contributed by atoms with E-state index in [2.05, 4.69) is 35.2 Å². The van der Waals surface area contributed by atoms with E-state index in [0.717, 1.165) is 29.8 Å². The summed E-state index contributed by atoms with van der Waals surface area (Å²) < 4.78 is 17.2. The second-order valence-electron chi connectivity index (χ2n) is 7.93. The van der Waals surface area contributed by atoms with Gasteiger partial charge in [0.25, 0.3) is 0 Å². The third-order valence-electron chi connectivity index (χ3n) is 5.32. The van der Waals surface area contributed by atoms with Crippen LogP contribution in [0.3, 0.4) is 0 Å². The van der Waals surface area contributed by atoms with E-state index in [-0.39, 0.29) is 18.0 Å². The van der Waals surface area contributed by atoms with E-state index in [9.17, 15) is 5.11 Å². The van der Waals surface area contributed by atoms with Crippen LogP contribution >= 0.6 is 0 Å². The monoisotopic (exact) mass is 381 g/mol. The minimum absolute atomic E-state index is 0.141. The Morgan fingerprint density at radius 1 is 1.04 bits per heavy atom. The van der Waals surface area contributed by atoms with Crippen LogP contribution in [0.15, 0.2) is 36.4 Å². The molecule has 0 bridgehead atoms. The zero-order valence-electron chi connectivity index (χ0n) is 16.8. The molecule has 2 saturated heterocycles. The smallest absolute Gasteiger partial charge is 0.163 e. The van der Waals surface area contributed by atoms with Crippen molar-refractivity contribution in [1.82, 2.24) is 0 Å². The normalized spacial score (nSPS) is 23.4. The number of phenols is 1. The maximum absolute atomic E-state index is 9.96. The lowest BCUT2D eigenvalue weighted by atomic mass is 10.1. The van der Waals surface area contributed by atoms with E-state index in [1.807, 2.05) is 39.0 Å². The van der Waals surface area contributed by atoms with Gasteiger partial charge in [0, 0.05) is 18.8 Å². The van der Waals surface area contributed by atoms with Crippen molar-refractivity contribution < 1.29 is 19.3 Å². The van der Waals surface area contributed by atoms with Crippen molar-refractivity contribution in [3.63, 3.8) is 0 Å². The SMILES string of the molecule is COc1cc(/C=C/c2ccc(N3CC4OC(C)(C)OC4C3)cc2)cc(C)c1O. The lowest BCUT2D eigenvalue weighted by Gasteiger charge is -2.24. The maximum atomic E-state index is 9.96. The number of phenolic OH excluding ortho intramolecular Hbond substituents is 1. The molecule has 28 heavy (non-hydrogen) atoms. The largest absolute Gasteiger partial charge is 0.504 e. The lowest BCUT2D eigenvalue weighted by Crippen LogP contribution is -2.29. The van der Waals surface area contributed by atoms with Crippen molar-refractivity contribution in [3.8, 4) is 11.5 Å². The molecule has 2 fully saturated rings. The number of fused-ring (bicyclic) bond motifs is 1. The van der Waals surface area contributed by atoms with Crippen molar-refractivity contribution in [2.24, 2.45) is 0 Å². The molecule has 0 aliphatic carbocycles. The molecular weight excluding hydrogens is 354 g/mol. The summed E-state index contributed by atoms with van der Waals surface area (Å²) in [6, 6.07) is 12.3. The minimum Gasteiger partial charge on any atom is -0.504 e. The predicted molar refractivity (Wildman–Crippen MR) is 111 cm³/mol. The van der Waals surface area contributed by atoms with Gasteiger partial charge in [-0.3, -0.25) is 0 Å². The van der Waals surface area contributed by atoms with Gasteiger partial charge in [0.1, 0.15) is 12.2 Å². The van der Waals surface area contributed by atoms with Gasteiger partial charge in [-0.25, -0.2) is 0 Å². The number of benzene rings is 2. The van der Waals surface area contributed by atoms with Crippen LogP contribution in [0.1, 0.15) is 30.5 Å². The van der Waals surface area contributed by atoms with Crippen LogP contribution in [0.2, 0.25) is 0 Å². The first-order chi connectivity index (χ1) is 13.3. The summed E-state index contributed by atoms with van der Waals surface area (Å²) in [5, 5.41) is 9.96. The van der Waals surface area contributed by atoms with Crippen molar-refractivity contribution in [1.29, 1.82) is 0 Å². The molecule has 0 aromatic heterocycles. The van der Waals surface area contributed by atoms with Gasteiger partial charge in [-0.2, -0.15) is 0 Å². The summed E-state index contributed by atoms with van der Waals surface area (Å²) in [5.41, 5.74) is 4.07. The van der Waals surface area contributed by atoms with Gasteiger partial charge in [-0.1, -0.05) is 24.3 Å². The van der Waals surface area contributed by atoms with E-state index in [1.165, 1.54) is 5.69 Å². The van der Waals surface area contributed by atoms with Gasteiger partial charge in [0.2, 0.25) is 0 Å². The molecule has 2 aliphatic heterocycles. The number of ether oxygens (including phenoxy) is 3. The molecule has 5 nitrogen and oxygen atoms in total. The van der Waals surface area contributed by atoms with Crippen LogP contribution in [0, 0.1) is 6.92 Å². The predicted octanol–water partition coefficient (Wildman–Crippen LogP) is 4.22. The fraction of sp³-hybridized carbons (Fsp3) is 0.391. The molecule has 4 rings (SSSR count). The van der Waals surface area contributed by atoms with Gasteiger partial charge >= 0.3 is 0 Å². The van der Waals surface area contributed by atoms with Gasteiger partial charge < -0.3 is 24.2 Å². The molecule has 0 radical (unpaired) electrons. The highest BCUT2D eigenvalue weighted by atomic mass is 16.8. The summed E-state index contributed by atoms with van der Waals surface area (Å²) >= 11 is 0. The Labute approximate surface area is 166 Å². The number of aryl methyl sites for hydroxylation is 1. The number of methoxy groups -OCH3 is 1. The molecule has 2 aliphatic rings. The molecule has 2 unspecified atom stereocenters. The summed E-state index contributed by atoms with van der Waals surface area (Å²) in [7, 11) is 1.56. The first-order valence-electron chi connectivity index (χ1n) is 9.61. The Morgan fingerprint density at radius 2 is 1.64 bits per heavy atom. The Balaban J connectivity index is 1.43.